The number of carbonyl (C=O) groups is 3. The van der Waals surface area contributed by atoms with E-state index in [9.17, 15) is 19.5 Å². The molecule has 0 saturated heterocycles. The van der Waals surface area contributed by atoms with Gasteiger partial charge in [-0.1, -0.05) is 103 Å². The average Bonchev–Trinajstić information content (AvgIpc) is 2.99. The van der Waals surface area contributed by atoms with Gasteiger partial charge < -0.3 is 24.8 Å². The Morgan fingerprint density at radius 3 is 1.90 bits per heavy atom. The lowest BCUT2D eigenvalue weighted by Crippen LogP contribution is -2.50. The van der Waals surface area contributed by atoms with E-state index in [0.717, 1.165) is 32.4 Å². The second-order valence-electron chi connectivity index (χ2n) is 9.47. The van der Waals surface area contributed by atoms with Crippen molar-refractivity contribution in [3.8, 4) is 0 Å². The predicted octanol–water partition coefficient (Wildman–Crippen LogP) is 4.24. The molecule has 40 heavy (non-hydrogen) atoms. The van der Waals surface area contributed by atoms with Gasteiger partial charge in [0, 0.05) is 13.5 Å². The maximum atomic E-state index is 13.1. The quantitative estimate of drug-likeness (QED) is 0.276. The van der Waals surface area contributed by atoms with E-state index in [-0.39, 0.29) is 26.2 Å². The molecular weight excluding hydrogens is 508 g/mol. The molecule has 2 amide bonds. The van der Waals surface area contributed by atoms with Gasteiger partial charge in [0.1, 0.15) is 19.3 Å². The predicted molar refractivity (Wildman–Crippen MR) is 151 cm³/mol. The lowest BCUT2D eigenvalue weighted by molar-refractivity contribution is -0.155. The number of nitrogens with zero attached hydrogens (tertiary/aromatic N) is 1. The molecule has 2 N–H and O–H groups in total. The molecule has 0 heterocycles. The Morgan fingerprint density at radius 1 is 0.725 bits per heavy atom. The Morgan fingerprint density at radius 2 is 1.27 bits per heavy atom. The molecule has 1 unspecified atom stereocenters. The zero-order valence-corrected chi connectivity index (χ0v) is 22.2. The molecule has 8 heteroatoms. The Balaban J connectivity index is 1.39. The third-order valence-electron chi connectivity index (χ3n) is 6.35. The summed E-state index contributed by atoms with van der Waals surface area (Å²) < 4.78 is 10.7. The summed E-state index contributed by atoms with van der Waals surface area (Å²) in [5, 5.41) is 15.1. The molecule has 0 aromatic heterocycles. The molecule has 0 radical (unpaired) electrons. The molecule has 0 bridgehead atoms. The summed E-state index contributed by atoms with van der Waals surface area (Å²) in [6, 6.07) is 30.4. The first-order valence-electron chi connectivity index (χ1n) is 13.0. The van der Waals surface area contributed by atoms with Crippen LogP contribution in [-0.2, 0) is 38.7 Å². The highest BCUT2D eigenvalue weighted by atomic mass is 16.5. The summed E-state index contributed by atoms with van der Waals surface area (Å²) in [7, 11) is 1.42. The minimum atomic E-state index is -1.55. The fourth-order valence-corrected chi connectivity index (χ4v) is 4.13. The highest BCUT2D eigenvalue weighted by Crippen LogP contribution is 2.17. The number of aliphatic hydroxyl groups excluding tert-OH is 1. The summed E-state index contributed by atoms with van der Waals surface area (Å²) in [5.41, 5.74) is 2.44. The number of rotatable bonds is 11. The number of likely N-dealkylation sites (N-methyl/N-ethyl adjacent to an activating group) is 1. The zero-order chi connectivity index (χ0) is 28.3. The highest BCUT2D eigenvalue weighted by Gasteiger charge is 2.27. The van der Waals surface area contributed by atoms with Crippen molar-refractivity contribution in [2.45, 2.75) is 31.8 Å². The minimum absolute atomic E-state index is 0.00767. The van der Waals surface area contributed by atoms with Gasteiger partial charge in [-0.2, -0.15) is 0 Å². The average molecular weight is 541 g/mol. The van der Waals surface area contributed by atoms with Crippen LogP contribution in [0, 0.1) is 0 Å². The topological polar surface area (TPSA) is 105 Å². The Bertz CT molecular complexity index is 1430. The van der Waals surface area contributed by atoms with Crippen LogP contribution >= 0.6 is 0 Å². The molecule has 4 rings (SSSR count). The van der Waals surface area contributed by atoms with Crippen LogP contribution in [-0.4, -0.2) is 53.7 Å². The smallest absolute Gasteiger partial charge is 0.337 e. The Hall–Kier alpha value is -4.69. The first-order chi connectivity index (χ1) is 19.4. The van der Waals surface area contributed by atoms with Crippen LogP contribution in [0.25, 0.3) is 10.8 Å². The summed E-state index contributed by atoms with van der Waals surface area (Å²) in [6.45, 7) is -0.249. The molecule has 0 aliphatic heterocycles. The number of urea groups is 1. The SMILES string of the molecule is CN(CC(O)C(=O)OCc1ccccc1)C(=O)N[C@@H](Cc1ccc2ccccc2c1)C(=O)OCc1ccccc1. The number of carbonyl (C=O) groups excluding carboxylic acids is 3. The van der Waals surface area contributed by atoms with Gasteiger partial charge in [-0.25, -0.2) is 14.4 Å². The Kier molecular flexibility index (Phi) is 9.85. The van der Waals surface area contributed by atoms with Crippen molar-refractivity contribution >= 4 is 28.7 Å². The van der Waals surface area contributed by atoms with E-state index in [0.29, 0.717) is 0 Å². The molecule has 206 valence electrons. The third kappa shape index (κ3) is 8.15. The summed E-state index contributed by atoms with van der Waals surface area (Å²) >= 11 is 0. The van der Waals surface area contributed by atoms with Crippen LogP contribution in [0.15, 0.2) is 103 Å². The summed E-state index contributed by atoms with van der Waals surface area (Å²) in [6.07, 6.45) is -1.36. The molecular formula is C32H32N2O6. The highest BCUT2D eigenvalue weighted by molar-refractivity contribution is 5.86. The van der Waals surface area contributed by atoms with Crippen LogP contribution in [0.2, 0.25) is 0 Å². The lowest BCUT2D eigenvalue weighted by Gasteiger charge is -2.24. The molecule has 8 nitrogen and oxygen atoms in total. The molecule has 0 aliphatic rings. The van der Waals surface area contributed by atoms with Gasteiger partial charge >= 0.3 is 18.0 Å². The van der Waals surface area contributed by atoms with Crippen molar-refractivity contribution in [2.75, 3.05) is 13.6 Å². The van der Waals surface area contributed by atoms with E-state index in [4.69, 9.17) is 9.47 Å². The van der Waals surface area contributed by atoms with Crippen molar-refractivity contribution in [1.82, 2.24) is 10.2 Å². The molecule has 0 saturated carbocycles. The van der Waals surface area contributed by atoms with Crippen LogP contribution in [0.1, 0.15) is 16.7 Å². The minimum Gasteiger partial charge on any atom is -0.459 e. The first kappa shape index (κ1) is 28.3. The first-order valence-corrected chi connectivity index (χ1v) is 13.0. The molecule has 4 aromatic rings. The number of hydrogen-bond acceptors (Lipinski definition) is 6. The van der Waals surface area contributed by atoms with Crippen LogP contribution < -0.4 is 5.32 Å². The second kappa shape index (κ2) is 13.9. The molecule has 4 aromatic carbocycles. The van der Waals surface area contributed by atoms with Gasteiger partial charge in [0.2, 0.25) is 0 Å². The van der Waals surface area contributed by atoms with Gasteiger partial charge in [-0.3, -0.25) is 0 Å². The van der Waals surface area contributed by atoms with Crippen LogP contribution in [0.4, 0.5) is 4.79 Å². The number of nitrogens with one attached hydrogen (secondary N) is 1. The number of benzene rings is 4. The largest absolute Gasteiger partial charge is 0.459 e. The van der Waals surface area contributed by atoms with Crippen molar-refractivity contribution in [2.24, 2.45) is 0 Å². The second-order valence-corrected chi connectivity index (χ2v) is 9.47. The van der Waals surface area contributed by atoms with Gasteiger partial charge in [0.05, 0.1) is 6.54 Å². The summed E-state index contributed by atoms with van der Waals surface area (Å²) in [4.78, 5) is 39.5. The van der Waals surface area contributed by atoms with Crippen molar-refractivity contribution < 1.29 is 29.0 Å². The summed E-state index contributed by atoms with van der Waals surface area (Å²) in [5.74, 6) is -1.44. The fourth-order valence-electron chi connectivity index (χ4n) is 4.13. The normalized spacial score (nSPS) is 12.2. The lowest BCUT2D eigenvalue weighted by atomic mass is 10.0. The van der Waals surface area contributed by atoms with Gasteiger partial charge in [-0.15, -0.1) is 0 Å². The van der Waals surface area contributed by atoms with Gasteiger partial charge in [0.25, 0.3) is 0 Å². The molecule has 0 aliphatic carbocycles. The van der Waals surface area contributed by atoms with Gasteiger partial charge in [0.15, 0.2) is 6.10 Å². The maximum absolute atomic E-state index is 13.1. The maximum Gasteiger partial charge on any atom is 0.337 e. The molecule has 2 atom stereocenters. The molecule has 0 fully saturated rings. The monoisotopic (exact) mass is 540 g/mol. The number of ether oxygens (including phenoxy) is 2. The van der Waals surface area contributed by atoms with E-state index in [1.165, 1.54) is 7.05 Å². The number of aliphatic hydroxyl groups is 1. The van der Waals surface area contributed by atoms with E-state index in [2.05, 4.69) is 5.32 Å². The van der Waals surface area contributed by atoms with E-state index in [1.54, 1.807) is 12.1 Å². The number of fused-ring (bicyclic) bond motifs is 1. The van der Waals surface area contributed by atoms with Crippen LogP contribution in [0.5, 0.6) is 0 Å². The van der Waals surface area contributed by atoms with Crippen LogP contribution in [0.3, 0.4) is 0 Å². The van der Waals surface area contributed by atoms with E-state index in [1.807, 2.05) is 91.0 Å². The number of hydrogen-bond donors (Lipinski definition) is 2. The Labute approximate surface area is 233 Å². The third-order valence-corrected chi connectivity index (χ3v) is 6.35. The molecule has 0 spiro atoms. The van der Waals surface area contributed by atoms with Crippen molar-refractivity contribution in [3.05, 3.63) is 120 Å². The standard InChI is InChI=1S/C32H32N2O6/c1-34(20-29(35)31(37)40-22-24-12-6-3-7-13-24)32(38)33-28(30(36)39-21-23-10-4-2-5-11-23)19-25-16-17-26-14-8-9-15-27(26)18-25/h2-18,28-29,35H,19-22H2,1H3,(H,33,38)/t28-,29?/m0/s1. The number of esters is 2. The van der Waals surface area contributed by atoms with E-state index >= 15 is 0 Å². The van der Waals surface area contributed by atoms with Crippen molar-refractivity contribution in [3.63, 3.8) is 0 Å². The fraction of sp³-hybridized carbons (Fsp3) is 0.219. The number of amides is 2. The zero-order valence-electron chi connectivity index (χ0n) is 22.2. The van der Waals surface area contributed by atoms with Gasteiger partial charge in [-0.05, 0) is 27.5 Å². The van der Waals surface area contributed by atoms with Crippen molar-refractivity contribution in [1.29, 1.82) is 0 Å². The van der Waals surface area contributed by atoms with E-state index < -0.39 is 30.1 Å².